The first-order valence-corrected chi connectivity index (χ1v) is 6.91. The van der Waals surface area contributed by atoms with E-state index in [2.05, 4.69) is 27.7 Å². The number of hydrogen-bond acceptors (Lipinski definition) is 1. The maximum absolute atomic E-state index is 6.51. The molecule has 4 atom stereocenters. The second kappa shape index (κ2) is 3.35. The molecule has 0 N–H and O–H groups in total. The van der Waals surface area contributed by atoms with Gasteiger partial charge in [0.05, 0.1) is 11.7 Å². The van der Waals surface area contributed by atoms with Gasteiger partial charge in [-0.25, -0.2) is 0 Å². The molecule has 2 heterocycles. The van der Waals surface area contributed by atoms with Crippen molar-refractivity contribution in [3.05, 3.63) is 11.1 Å². The standard InChI is InChI=1S/C15H24O/c1-9(2)12-8-13-10(3)5-6-15(13)11(4)7-14(12)16-15/h9,11-12,14H,5-8H2,1-4H3/t11-,12+,14-,15+/m0/s1. The Morgan fingerprint density at radius 2 is 2.12 bits per heavy atom. The summed E-state index contributed by atoms with van der Waals surface area (Å²) >= 11 is 0. The first-order chi connectivity index (χ1) is 7.54. The molecule has 2 aliphatic heterocycles. The summed E-state index contributed by atoms with van der Waals surface area (Å²) in [6.45, 7) is 9.45. The minimum absolute atomic E-state index is 0.181. The highest BCUT2D eigenvalue weighted by molar-refractivity contribution is 5.35. The summed E-state index contributed by atoms with van der Waals surface area (Å²) < 4.78 is 6.51. The van der Waals surface area contributed by atoms with Crippen molar-refractivity contribution < 1.29 is 4.74 Å². The lowest BCUT2D eigenvalue weighted by Gasteiger charge is -2.41. The number of allylic oxidation sites excluding steroid dienone is 1. The lowest BCUT2D eigenvalue weighted by molar-refractivity contribution is -0.0846. The summed E-state index contributed by atoms with van der Waals surface area (Å²) in [5.74, 6) is 2.27. The Hall–Kier alpha value is -0.300. The Balaban J connectivity index is 2.01. The van der Waals surface area contributed by atoms with Crippen LogP contribution in [-0.2, 0) is 4.74 Å². The van der Waals surface area contributed by atoms with Crippen LogP contribution in [0.2, 0.25) is 0 Å². The molecule has 2 saturated heterocycles. The first kappa shape index (κ1) is 10.8. The largest absolute Gasteiger partial charge is 0.367 e. The molecule has 1 spiro atoms. The lowest BCUT2D eigenvalue weighted by Crippen LogP contribution is -2.41. The highest BCUT2D eigenvalue weighted by Gasteiger charge is 2.57. The molecule has 3 aliphatic rings. The third-order valence-electron chi connectivity index (χ3n) is 5.41. The van der Waals surface area contributed by atoms with Gasteiger partial charge in [-0.15, -0.1) is 0 Å². The average molecular weight is 220 g/mol. The predicted molar refractivity (Wildman–Crippen MR) is 66.3 cm³/mol. The van der Waals surface area contributed by atoms with Gasteiger partial charge in [0, 0.05) is 0 Å². The zero-order valence-corrected chi connectivity index (χ0v) is 11.0. The van der Waals surface area contributed by atoms with Gasteiger partial charge in [-0.3, -0.25) is 0 Å². The number of fused-ring (bicyclic) bond motifs is 1. The van der Waals surface area contributed by atoms with Crippen LogP contribution in [0.15, 0.2) is 11.1 Å². The van der Waals surface area contributed by atoms with E-state index in [-0.39, 0.29) is 5.60 Å². The third kappa shape index (κ3) is 1.21. The molecular weight excluding hydrogens is 196 g/mol. The average Bonchev–Trinajstić information content (AvgIpc) is 2.68. The molecule has 3 rings (SSSR count). The van der Waals surface area contributed by atoms with Gasteiger partial charge in [-0.05, 0) is 55.9 Å². The number of rotatable bonds is 1. The molecule has 2 fully saturated rings. The Bertz CT molecular complexity index is 341. The van der Waals surface area contributed by atoms with Crippen molar-refractivity contribution in [2.75, 3.05) is 0 Å². The van der Waals surface area contributed by atoms with Crippen molar-refractivity contribution in [1.29, 1.82) is 0 Å². The van der Waals surface area contributed by atoms with E-state index in [9.17, 15) is 0 Å². The minimum Gasteiger partial charge on any atom is -0.367 e. The van der Waals surface area contributed by atoms with Crippen LogP contribution in [0.25, 0.3) is 0 Å². The van der Waals surface area contributed by atoms with E-state index in [1.54, 1.807) is 11.1 Å². The molecule has 90 valence electrons. The zero-order chi connectivity index (χ0) is 11.5. The molecule has 0 aromatic rings. The molecule has 0 amide bonds. The van der Waals surface area contributed by atoms with Crippen LogP contribution in [0.4, 0.5) is 0 Å². The van der Waals surface area contributed by atoms with E-state index in [0.29, 0.717) is 6.10 Å². The molecule has 16 heavy (non-hydrogen) atoms. The molecular formula is C15H24O. The summed E-state index contributed by atoms with van der Waals surface area (Å²) in [6.07, 6.45) is 5.69. The highest BCUT2D eigenvalue weighted by atomic mass is 16.5. The van der Waals surface area contributed by atoms with Crippen molar-refractivity contribution in [2.45, 2.75) is 65.1 Å². The van der Waals surface area contributed by atoms with Crippen molar-refractivity contribution in [2.24, 2.45) is 17.8 Å². The molecule has 0 aromatic heterocycles. The molecule has 0 radical (unpaired) electrons. The second-order valence-electron chi connectivity index (χ2n) is 6.55. The molecule has 0 saturated carbocycles. The van der Waals surface area contributed by atoms with E-state index in [4.69, 9.17) is 4.74 Å². The monoisotopic (exact) mass is 220 g/mol. The van der Waals surface area contributed by atoms with E-state index in [1.807, 2.05) is 0 Å². The fourth-order valence-corrected chi connectivity index (χ4v) is 4.32. The van der Waals surface area contributed by atoms with E-state index in [0.717, 1.165) is 17.8 Å². The Morgan fingerprint density at radius 3 is 2.81 bits per heavy atom. The molecule has 1 aliphatic carbocycles. The molecule has 0 aromatic carbocycles. The van der Waals surface area contributed by atoms with Crippen LogP contribution in [0.5, 0.6) is 0 Å². The van der Waals surface area contributed by atoms with E-state index >= 15 is 0 Å². The van der Waals surface area contributed by atoms with Gasteiger partial charge < -0.3 is 4.74 Å². The molecule has 1 nitrogen and oxygen atoms in total. The summed E-state index contributed by atoms with van der Waals surface area (Å²) in [5, 5.41) is 0. The van der Waals surface area contributed by atoms with Gasteiger partial charge >= 0.3 is 0 Å². The van der Waals surface area contributed by atoms with Gasteiger partial charge in [-0.1, -0.05) is 26.3 Å². The highest BCUT2D eigenvalue weighted by Crippen LogP contribution is 2.58. The quantitative estimate of drug-likeness (QED) is 0.608. The SMILES string of the molecule is CC1=C2C[C@H](C(C)C)[C@@H]3C[C@H](C)[C@@]2(CC1)O3. The van der Waals surface area contributed by atoms with Gasteiger partial charge in [0.1, 0.15) is 0 Å². The van der Waals surface area contributed by atoms with Gasteiger partial charge in [0.25, 0.3) is 0 Å². The zero-order valence-electron chi connectivity index (χ0n) is 11.0. The number of ether oxygens (including phenoxy) is 1. The maximum Gasteiger partial charge on any atom is 0.0927 e. The minimum atomic E-state index is 0.181. The maximum atomic E-state index is 6.51. The van der Waals surface area contributed by atoms with Crippen LogP contribution in [0.3, 0.4) is 0 Å². The van der Waals surface area contributed by atoms with Crippen LogP contribution in [0.1, 0.15) is 53.4 Å². The van der Waals surface area contributed by atoms with Gasteiger partial charge in [-0.2, -0.15) is 0 Å². The molecule has 2 bridgehead atoms. The summed E-state index contributed by atoms with van der Waals surface area (Å²) in [4.78, 5) is 0. The van der Waals surface area contributed by atoms with Crippen LogP contribution in [-0.4, -0.2) is 11.7 Å². The first-order valence-electron chi connectivity index (χ1n) is 6.91. The topological polar surface area (TPSA) is 9.23 Å². The van der Waals surface area contributed by atoms with Crippen molar-refractivity contribution in [1.82, 2.24) is 0 Å². The van der Waals surface area contributed by atoms with Crippen LogP contribution in [0, 0.1) is 17.8 Å². The Kier molecular flexibility index (Phi) is 2.27. The van der Waals surface area contributed by atoms with Crippen LogP contribution >= 0.6 is 0 Å². The van der Waals surface area contributed by atoms with Crippen molar-refractivity contribution in [3.8, 4) is 0 Å². The second-order valence-corrected chi connectivity index (χ2v) is 6.55. The fraction of sp³-hybridized carbons (Fsp3) is 0.867. The Morgan fingerprint density at radius 1 is 1.38 bits per heavy atom. The smallest absolute Gasteiger partial charge is 0.0927 e. The Labute approximate surface area is 99.3 Å². The van der Waals surface area contributed by atoms with Crippen molar-refractivity contribution >= 4 is 0 Å². The summed E-state index contributed by atoms with van der Waals surface area (Å²) in [5.41, 5.74) is 3.51. The normalized spacial score (nSPS) is 46.7. The molecule has 1 heteroatoms. The molecule has 0 unspecified atom stereocenters. The summed E-state index contributed by atoms with van der Waals surface area (Å²) in [7, 11) is 0. The van der Waals surface area contributed by atoms with E-state index < -0.39 is 0 Å². The van der Waals surface area contributed by atoms with Crippen LogP contribution < -0.4 is 0 Å². The third-order valence-corrected chi connectivity index (χ3v) is 5.41. The summed E-state index contributed by atoms with van der Waals surface area (Å²) in [6, 6.07) is 0. The van der Waals surface area contributed by atoms with Gasteiger partial charge in [0.15, 0.2) is 0 Å². The number of hydrogen-bond donors (Lipinski definition) is 0. The predicted octanol–water partition coefficient (Wildman–Crippen LogP) is 3.94. The van der Waals surface area contributed by atoms with Crippen molar-refractivity contribution in [3.63, 3.8) is 0 Å². The van der Waals surface area contributed by atoms with E-state index in [1.165, 1.54) is 25.7 Å². The van der Waals surface area contributed by atoms with Gasteiger partial charge in [0.2, 0.25) is 0 Å². The lowest BCUT2D eigenvalue weighted by atomic mass is 9.79. The fourth-order valence-electron chi connectivity index (χ4n) is 4.32.